The fourth-order valence-electron chi connectivity index (χ4n) is 4.07. The number of nitrogens with one attached hydrogen (secondary N) is 2. The van der Waals surface area contributed by atoms with Crippen molar-refractivity contribution in [2.45, 2.75) is 25.2 Å². The van der Waals surface area contributed by atoms with Crippen molar-refractivity contribution in [3.8, 4) is 28.6 Å². The number of amides is 2. The number of hydrogen-bond donors (Lipinski definition) is 2. The number of anilines is 1. The molecule has 0 unspecified atom stereocenters. The van der Waals surface area contributed by atoms with E-state index in [2.05, 4.69) is 36.6 Å². The van der Waals surface area contributed by atoms with E-state index in [0.717, 1.165) is 29.5 Å². The van der Waals surface area contributed by atoms with Crippen molar-refractivity contribution >= 4 is 17.5 Å². The molecule has 0 bridgehead atoms. The van der Waals surface area contributed by atoms with Gasteiger partial charge in [0.15, 0.2) is 0 Å². The molecule has 3 heterocycles. The molecule has 0 spiro atoms. The van der Waals surface area contributed by atoms with Crippen molar-refractivity contribution < 1.29 is 9.59 Å². The Hall–Kier alpha value is -4.97. The Labute approximate surface area is 213 Å². The lowest BCUT2D eigenvalue weighted by Gasteiger charge is -2.12. The summed E-state index contributed by atoms with van der Waals surface area (Å²) in [4.78, 5) is 42.2. The Morgan fingerprint density at radius 2 is 1.70 bits per heavy atom. The molecule has 9 nitrogen and oxygen atoms in total. The number of benzene rings is 1. The van der Waals surface area contributed by atoms with E-state index in [9.17, 15) is 14.9 Å². The van der Waals surface area contributed by atoms with Gasteiger partial charge in [0.05, 0.1) is 28.6 Å². The zero-order chi connectivity index (χ0) is 26.0. The summed E-state index contributed by atoms with van der Waals surface area (Å²) >= 11 is 0. The average Bonchev–Trinajstić information content (AvgIpc) is 3.75. The summed E-state index contributed by atoms with van der Waals surface area (Å²) in [5, 5.41) is 15.0. The molecule has 2 amide bonds. The number of aromatic nitrogens is 4. The summed E-state index contributed by atoms with van der Waals surface area (Å²) in [5.41, 5.74) is 5.28. The molecular formula is C28H23N7O2. The summed E-state index contributed by atoms with van der Waals surface area (Å²) in [5.74, 6) is -0.564. The number of rotatable bonds is 6. The second kappa shape index (κ2) is 9.59. The number of nitriles is 1. The molecule has 1 aliphatic carbocycles. The molecule has 1 fully saturated rings. The van der Waals surface area contributed by atoms with Gasteiger partial charge in [-0.2, -0.15) is 5.26 Å². The van der Waals surface area contributed by atoms with Crippen LogP contribution >= 0.6 is 0 Å². The van der Waals surface area contributed by atoms with Crippen molar-refractivity contribution in [3.05, 3.63) is 89.8 Å². The molecule has 182 valence electrons. The topological polar surface area (TPSA) is 134 Å². The molecule has 0 saturated heterocycles. The summed E-state index contributed by atoms with van der Waals surface area (Å²) in [6.07, 6.45) is 6.12. The molecule has 37 heavy (non-hydrogen) atoms. The lowest BCUT2D eigenvalue weighted by molar-refractivity contribution is 0.0957. The van der Waals surface area contributed by atoms with Crippen LogP contribution in [0.5, 0.6) is 0 Å². The summed E-state index contributed by atoms with van der Waals surface area (Å²) < 4.78 is 0. The van der Waals surface area contributed by atoms with E-state index in [1.807, 2.05) is 31.2 Å². The number of aryl methyl sites for hydroxylation is 1. The van der Waals surface area contributed by atoms with E-state index in [1.54, 1.807) is 43.7 Å². The first-order chi connectivity index (χ1) is 17.9. The molecular weight excluding hydrogens is 466 g/mol. The first-order valence-corrected chi connectivity index (χ1v) is 11.7. The smallest absolute Gasteiger partial charge is 0.269 e. The van der Waals surface area contributed by atoms with E-state index in [1.165, 1.54) is 6.33 Å². The SMILES string of the molecule is CNC(=O)c1cc(-c2cc(-c3cc(NC(=O)c4ccnc(C5(C#N)CC5)c4)ccc3C)ncn2)ccn1. The second-order valence-corrected chi connectivity index (χ2v) is 8.90. The first-order valence-electron chi connectivity index (χ1n) is 11.7. The standard InChI is InChI=1S/C28H23N7O2/c1-17-3-4-20(35-26(36)19-6-10-32-25(12-19)28(15-29)7-8-28)13-21(17)23-14-22(33-16-34-23)18-5-9-31-24(11-18)27(37)30-2/h3-6,9-14,16H,7-8H2,1-2H3,(H,30,37)(H,35,36). The molecule has 0 atom stereocenters. The molecule has 0 aliphatic heterocycles. The molecule has 3 aromatic heterocycles. The van der Waals surface area contributed by atoms with Crippen LogP contribution in [0.15, 0.2) is 67.3 Å². The monoisotopic (exact) mass is 489 g/mol. The quantitative estimate of drug-likeness (QED) is 0.417. The van der Waals surface area contributed by atoms with Gasteiger partial charge in [0.1, 0.15) is 12.0 Å². The van der Waals surface area contributed by atoms with Crippen LogP contribution in [0.1, 0.15) is 44.9 Å². The third-order valence-electron chi connectivity index (χ3n) is 6.43. The van der Waals surface area contributed by atoms with Crippen molar-refractivity contribution in [3.63, 3.8) is 0 Å². The van der Waals surface area contributed by atoms with Gasteiger partial charge >= 0.3 is 0 Å². The minimum Gasteiger partial charge on any atom is -0.354 e. The van der Waals surface area contributed by atoms with Gasteiger partial charge in [-0.15, -0.1) is 0 Å². The Balaban J connectivity index is 1.41. The Bertz CT molecular complexity index is 1570. The van der Waals surface area contributed by atoms with Crippen LogP contribution in [-0.2, 0) is 5.41 Å². The van der Waals surface area contributed by atoms with Gasteiger partial charge in [-0.05, 0) is 67.8 Å². The lowest BCUT2D eigenvalue weighted by atomic mass is 10.0. The van der Waals surface area contributed by atoms with Gasteiger partial charge in [-0.1, -0.05) is 6.07 Å². The summed E-state index contributed by atoms with van der Waals surface area (Å²) in [7, 11) is 1.55. The van der Waals surface area contributed by atoms with E-state index < -0.39 is 5.41 Å². The van der Waals surface area contributed by atoms with Gasteiger partial charge in [0.2, 0.25) is 0 Å². The molecule has 1 saturated carbocycles. The van der Waals surface area contributed by atoms with Crippen molar-refractivity contribution in [2.75, 3.05) is 12.4 Å². The molecule has 0 radical (unpaired) electrons. The molecule has 4 aromatic rings. The maximum atomic E-state index is 13.0. The third-order valence-corrected chi connectivity index (χ3v) is 6.43. The number of carbonyl (C=O) groups is 2. The minimum absolute atomic E-state index is 0.281. The van der Waals surface area contributed by atoms with E-state index in [0.29, 0.717) is 34.0 Å². The summed E-state index contributed by atoms with van der Waals surface area (Å²) in [6, 6.07) is 16.5. The highest BCUT2D eigenvalue weighted by Gasteiger charge is 2.46. The predicted molar refractivity (Wildman–Crippen MR) is 138 cm³/mol. The Morgan fingerprint density at radius 3 is 2.46 bits per heavy atom. The highest BCUT2D eigenvalue weighted by atomic mass is 16.2. The summed E-state index contributed by atoms with van der Waals surface area (Å²) in [6.45, 7) is 1.96. The number of nitrogens with zero attached hydrogens (tertiary/aromatic N) is 5. The van der Waals surface area contributed by atoms with Crippen LogP contribution in [0.25, 0.3) is 22.5 Å². The normalized spacial score (nSPS) is 13.3. The van der Waals surface area contributed by atoms with Crippen molar-refractivity contribution in [2.24, 2.45) is 0 Å². The maximum absolute atomic E-state index is 13.0. The number of pyridine rings is 2. The van der Waals surface area contributed by atoms with Crippen LogP contribution < -0.4 is 10.6 Å². The van der Waals surface area contributed by atoms with Gasteiger partial charge in [-0.3, -0.25) is 19.6 Å². The highest BCUT2D eigenvalue weighted by molar-refractivity contribution is 6.04. The largest absolute Gasteiger partial charge is 0.354 e. The maximum Gasteiger partial charge on any atom is 0.269 e. The number of hydrogen-bond acceptors (Lipinski definition) is 7. The molecule has 1 aromatic carbocycles. The molecule has 9 heteroatoms. The highest BCUT2D eigenvalue weighted by Crippen LogP contribution is 2.46. The minimum atomic E-state index is -0.562. The van der Waals surface area contributed by atoms with E-state index >= 15 is 0 Å². The van der Waals surface area contributed by atoms with Crippen LogP contribution in [0.2, 0.25) is 0 Å². The fourth-order valence-corrected chi connectivity index (χ4v) is 4.07. The van der Waals surface area contributed by atoms with Gasteiger partial charge < -0.3 is 10.6 Å². The van der Waals surface area contributed by atoms with Crippen molar-refractivity contribution in [1.29, 1.82) is 5.26 Å². The predicted octanol–water partition coefficient (Wildman–Crippen LogP) is 4.08. The van der Waals surface area contributed by atoms with Crippen molar-refractivity contribution in [1.82, 2.24) is 25.3 Å². The van der Waals surface area contributed by atoms with Crippen LogP contribution in [-0.4, -0.2) is 38.8 Å². The van der Waals surface area contributed by atoms with Gasteiger partial charge in [0.25, 0.3) is 11.8 Å². The van der Waals surface area contributed by atoms with Crippen LogP contribution in [0.4, 0.5) is 5.69 Å². The van der Waals surface area contributed by atoms with Crippen LogP contribution in [0.3, 0.4) is 0 Å². The lowest BCUT2D eigenvalue weighted by Crippen LogP contribution is -2.19. The van der Waals surface area contributed by atoms with E-state index in [4.69, 9.17) is 0 Å². The zero-order valence-corrected chi connectivity index (χ0v) is 20.3. The first kappa shape index (κ1) is 23.8. The zero-order valence-electron chi connectivity index (χ0n) is 20.3. The van der Waals surface area contributed by atoms with Crippen LogP contribution in [0, 0.1) is 18.3 Å². The molecule has 5 rings (SSSR count). The van der Waals surface area contributed by atoms with Gasteiger partial charge in [0, 0.05) is 41.8 Å². The Morgan fingerprint density at radius 1 is 0.919 bits per heavy atom. The van der Waals surface area contributed by atoms with E-state index in [-0.39, 0.29) is 11.8 Å². The fraction of sp³-hybridized carbons (Fsp3) is 0.179. The number of carbonyl (C=O) groups excluding carboxylic acids is 2. The van der Waals surface area contributed by atoms with Gasteiger partial charge in [-0.25, -0.2) is 9.97 Å². The molecule has 2 N–H and O–H groups in total. The third kappa shape index (κ3) is 4.77. The average molecular weight is 490 g/mol. The molecule has 1 aliphatic rings. The second-order valence-electron chi connectivity index (χ2n) is 8.90. The Kier molecular flexibility index (Phi) is 6.15.